The molecule has 0 saturated heterocycles. The van der Waals surface area contributed by atoms with Gasteiger partial charge in [-0.25, -0.2) is 14.5 Å². The number of fused-ring (bicyclic) bond motifs is 1. The van der Waals surface area contributed by atoms with Gasteiger partial charge >= 0.3 is 0 Å². The highest BCUT2D eigenvalue weighted by atomic mass is 35.5. The van der Waals surface area contributed by atoms with Gasteiger partial charge in [0.25, 0.3) is 0 Å². The number of rotatable bonds is 0. The van der Waals surface area contributed by atoms with Crippen LogP contribution < -0.4 is 0 Å². The maximum Gasteiger partial charge on any atom is 0.193 e. The molecular weight excluding hydrogens is 187 g/mol. The molecule has 0 fully saturated rings. The van der Waals surface area contributed by atoms with Gasteiger partial charge < -0.3 is 0 Å². The average molecular weight is 189 g/mol. The Labute approximate surface area is 71.8 Å². The van der Waals surface area contributed by atoms with E-state index < -0.39 is 0 Å². The van der Waals surface area contributed by atoms with Crippen molar-refractivity contribution in [1.29, 1.82) is 0 Å². The van der Waals surface area contributed by atoms with Crippen LogP contribution in [0, 0.1) is 0 Å². The van der Waals surface area contributed by atoms with Gasteiger partial charge in [-0.3, -0.25) is 0 Å². The molecule has 0 N–H and O–H groups in total. The molecule has 0 atom stereocenters. The summed E-state index contributed by atoms with van der Waals surface area (Å²) in [6.07, 6.45) is 2.93. The first-order valence-corrected chi connectivity index (χ1v) is 3.54. The Hall–Kier alpha value is -0.870. The van der Waals surface area contributed by atoms with Crippen molar-refractivity contribution in [3.63, 3.8) is 0 Å². The third-order valence-electron chi connectivity index (χ3n) is 1.19. The molecule has 2 aromatic rings. The second kappa shape index (κ2) is 2.32. The van der Waals surface area contributed by atoms with Crippen molar-refractivity contribution in [2.24, 2.45) is 0 Å². The van der Waals surface area contributed by atoms with Gasteiger partial charge in [0.2, 0.25) is 0 Å². The highest BCUT2D eigenvalue weighted by molar-refractivity contribution is 6.34. The molecule has 0 saturated carbocycles. The third-order valence-corrected chi connectivity index (χ3v) is 1.63. The van der Waals surface area contributed by atoms with Crippen LogP contribution in [-0.2, 0) is 0 Å². The van der Waals surface area contributed by atoms with Crippen molar-refractivity contribution in [3.05, 3.63) is 22.8 Å². The Kier molecular flexibility index (Phi) is 1.44. The highest BCUT2D eigenvalue weighted by Gasteiger charge is 2.03. The number of nitrogens with zero attached hydrogens (tertiary/aromatic N) is 4. The lowest BCUT2D eigenvalue weighted by molar-refractivity contribution is 0.946. The molecule has 2 heterocycles. The first-order valence-electron chi connectivity index (χ1n) is 2.79. The third kappa shape index (κ3) is 1.04. The monoisotopic (exact) mass is 188 g/mol. The van der Waals surface area contributed by atoms with Crippen molar-refractivity contribution in [2.75, 3.05) is 0 Å². The van der Waals surface area contributed by atoms with E-state index in [0.717, 1.165) is 0 Å². The molecule has 0 radical (unpaired) electrons. The molecule has 2 aromatic heterocycles. The lowest BCUT2D eigenvalue weighted by atomic mass is 10.7. The number of hydrogen-bond acceptors (Lipinski definition) is 3. The van der Waals surface area contributed by atoms with E-state index in [9.17, 15) is 0 Å². The molecule has 2 rings (SSSR count). The van der Waals surface area contributed by atoms with Crippen molar-refractivity contribution in [1.82, 2.24) is 19.6 Å². The fraction of sp³-hybridized carbons (Fsp3) is 0. The minimum atomic E-state index is 0.259. The van der Waals surface area contributed by atoms with E-state index in [1.165, 1.54) is 17.0 Å². The molecule has 0 unspecified atom stereocenters. The van der Waals surface area contributed by atoms with Gasteiger partial charge in [0.1, 0.15) is 11.5 Å². The number of halogens is 2. The summed E-state index contributed by atoms with van der Waals surface area (Å²) in [4.78, 5) is 7.64. The van der Waals surface area contributed by atoms with Gasteiger partial charge in [-0.05, 0) is 0 Å². The van der Waals surface area contributed by atoms with Crippen LogP contribution in [0.5, 0.6) is 0 Å². The van der Waals surface area contributed by atoms with E-state index in [4.69, 9.17) is 23.2 Å². The molecule has 56 valence electrons. The van der Waals surface area contributed by atoms with Crippen LogP contribution in [0.3, 0.4) is 0 Å². The molecule has 0 aliphatic heterocycles. The number of hydrogen-bond donors (Lipinski definition) is 0. The molecule has 0 aromatic carbocycles. The van der Waals surface area contributed by atoms with Crippen LogP contribution in [0.1, 0.15) is 0 Å². The van der Waals surface area contributed by atoms with Gasteiger partial charge in [0.15, 0.2) is 10.8 Å². The summed E-state index contributed by atoms with van der Waals surface area (Å²) in [5.41, 5.74) is 0.510. The molecule has 4 nitrogen and oxygen atoms in total. The summed E-state index contributed by atoms with van der Waals surface area (Å²) >= 11 is 11.3. The first kappa shape index (κ1) is 6.82. The standard InChI is InChI=1S/C5H2Cl2N4/c6-3-1-11-5(4(7)10-3)8-2-9-11/h1-2H. The van der Waals surface area contributed by atoms with Crippen LogP contribution in [0.4, 0.5) is 0 Å². The van der Waals surface area contributed by atoms with E-state index >= 15 is 0 Å². The zero-order chi connectivity index (χ0) is 7.84. The van der Waals surface area contributed by atoms with Crippen molar-refractivity contribution < 1.29 is 0 Å². The smallest absolute Gasteiger partial charge is 0.193 e. The minimum Gasteiger partial charge on any atom is -0.219 e. The van der Waals surface area contributed by atoms with E-state index in [1.54, 1.807) is 0 Å². The molecule has 0 amide bonds. The quantitative estimate of drug-likeness (QED) is 0.629. The molecule has 6 heteroatoms. The zero-order valence-electron chi connectivity index (χ0n) is 5.20. The molecule has 11 heavy (non-hydrogen) atoms. The van der Waals surface area contributed by atoms with Gasteiger partial charge in [-0.2, -0.15) is 5.10 Å². The van der Waals surface area contributed by atoms with E-state index in [1.807, 2.05) is 0 Å². The summed E-state index contributed by atoms with van der Waals surface area (Å²) in [7, 11) is 0. The maximum absolute atomic E-state index is 5.68. The van der Waals surface area contributed by atoms with Gasteiger partial charge in [0, 0.05) is 0 Å². The minimum absolute atomic E-state index is 0.259. The summed E-state index contributed by atoms with van der Waals surface area (Å²) in [6, 6.07) is 0. The lowest BCUT2D eigenvalue weighted by Gasteiger charge is -1.93. The summed E-state index contributed by atoms with van der Waals surface area (Å²) in [5.74, 6) is 0. The van der Waals surface area contributed by atoms with Crippen LogP contribution in [0.15, 0.2) is 12.5 Å². The molecule has 0 aliphatic carbocycles. The van der Waals surface area contributed by atoms with E-state index in [2.05, 4.69) is 15.1 Å². The van der Waals surface area contributed by atoms with Crippen molar-refractivity contribution >= 4 is 28.8 Å². The molecule has 0 aliphatic rings. The Morgan fingerprint density at radius 3 is 3.00 bits per heavy atom. The van der Waals surface area contributed by atoms with Crippen molar-refractivity contribution in [3.8, 4) is 0 Å². The average Bonchev–Trinajstić information content (AvgIpc) is 2.34. The fourth-order valence-electron chi connectivity index (χ4n) is 0.766. The zero-order valence-corrected chi connectivity index (χ0v) is 6.71. The van der Waals surface area contributed by atoms with Crippen molar-refractivity contribution in [2.45, 2.75) is 0 Å². The predicted octanol–water partition coefficient (Wildman–Crippen LogP) is 1.43. The van der Waals surface area contributed by atoms with E-state index in [0.29, 0.717) is 10.8 Å². The second-order valence-corrected chi connectivity index (χ2v) is 2.63. The van der Waals surface area contributed by atoms with Crippen LogP contribution >= 0.6 is 23.2 Å². The first-order chi connectivity index (χ1) is 5.27. The summed E-state index contributed by atoms with van der Waals surface area (Å²) < 4.78 is 1.47. The second-order valence-electron chi connectivity index (χ2n) is 1.88. The summed E-state index contributed by atoms with van der Waals surface area (Å²) in [5, 5.41) is 4.40. The SMILES string of the molecule is Clc1cn2ncnc2c(Cl)n1. The predicted molar refractivity (Wildman–Crippen MR) is 40.8 cm³/mol. The molecule has 0 bridgehead atoms. The topological polar surface area (TPSA) is 43.1 Å². The molecule has 0 spiro atoms. The van der Waals surface area contributed by atoms with Gasteiger partial charge in [-0.1, -0.05) is 23.2 Å². The van der Waals surface area contributed by atoms with Crippen LogP contribution in [0.2, 0.25) is 10.3 Å². The lowest BCUT2D eigenvalue weighted by Crippen LogP contribution is -1.90. The molecular formula is C5H2Cl2N4. The highest BCUT2D eigenvalue weighted by Crippen LogP contribution is 2.14. The summed E-state index contributed by atoms with van der Waals surface area (Å²) in [6.45, 7) is 0. The number of aromatic nitrogens is 4. The van der Waals surface area contributed by atoms with Gasteiger partial charge in [0.05, 0.1) is 6.20 Å². The Balaban J connectivity index is 2.91. The Morgan fingerprint density at radius 2 is 2.18 bits per heavy atom. The van der Waals surface area contributed by atoms with Crippen LogP contribution in [0.25, 0.3) is 5.65 Å². The van der Waals surface area contributed by atoms with Gasteiger partial charge in [-0.15, -0.1) is 0 Å². The maximum atomic E-state index is 5.68. The van der Waals surface area contributed by atoms with Crippen LogP contribution in [-0.4, -0.2) is 19.6 Å². The largest absolute Gasteiger partial charge is 0.219 e. The van der Waals surface area contributed by atoms with E-state index in [-0.39, 0.29) is 5.15 Å². The Morgan fingerprint density at radius 1 is 1.36 bits per heavy atom. The normalized spacial score (nSPS) is 10.7. The Bertz CT molecular complexity index is 396. The fourth-order valence-corrected chi connectivity index (χ4v) is 1.21.